The number of phenolic OH excluding ortho intramolecular Hbond substituents is 1. The Bertz CT molecular complexity index is 2900. The highest BCUT2D eigenvalue weighted by Crippen LogP contribution is 2.35. The van der Waals surface area contributed by atoms with E-state index in [9.17, 15) is 0 Å². The van der Waals surface area contributed by atoms with Crippen LogP contribution < -0.4 is 63.7 Å². The van der Waals surface area contributed by atoms with E-state index in [-0.39, 0.29) is 0 Å². The number of aromatic hydroxyl groups is 1. The number of para-hydroxylation sites is 1. The monoisotopic (exact) mass is 1140 g/mol. The third-order valence-electron chi connectivity index (χ3n) is 12.9. The summed E-state index contributed by atoms with van der Waals surface area (Å²) in [6.45, 7) is 0. The van der Waals surface area contributed by atoms with Crippen LogP contribution in [0, 0.1) is 0 Å². The van der Waals surface area contributed by atoms with E-state index in [4.69, 9.17) is 5.11 Å². The molecule has 1 N–H and O–H groups in total. The zero-order valence-corrected chi connectivity index (χ0v) is 49.8. The van der Waals surface area contributed by atoms with E-state index in [1.54, 1.807) is 24.3 Å². The highest BCUT2D eigenvalue weighted by Gasteiger charge is 2.18. The van der Waals surface area contributed by atoms with Crippen LogP contribution in [0.15, 0.2) is 394 Å². The van der Waals surface area contributed by atoms with E-state index >= 15 is 0 Å². The highest BCUT2D eigenvalue weighted by molar-refractivity contribution is 7.81. The Morgan fingerprint density at radius 3 is 0.277 bits per heavy atom. The smallest absolute Gasteiger partial charge is 0.115 e. The van der Waals surface area contributed by atoms with E-state index in [1.807, 2.05) is 6.07 Å². The van der Waals surface area contributed by atoms with Gasteiger partial charge in [0.15, 0.2) is 0 Å². The molecule has 0 aliphatic carbocycles. The van der Waals surface area contributed by atoms with Gasteiger partial charge in [0, 0.05) is 0 Å². The third-order valence-corrected chi connectivity index (χ3v) is 22.7. The van der Waals surface area contributed by atoms with Gasteiger partial charge in [-0.2, -0.15) is 0 Å². The minimum atomic E-state index is -0.446. The third kappa shape index (κ3) is 18.2. The SMILES string of the molecule is Oc1ccccc1.c1ccc(P(c2ccccc2)c2ccccc2)cc1.c1ccc(P(c2ccccc2)c2ccccc2)cc1.c1ccc(P(c2ccccc2)c2ccccc2)cc1.c1ccc(P(c2ccccc2)c2ccccc2)cc1. The van der Waals surface area contributed by atoms with Crippen LogP contribution >= 0.6 is 31.7 Å². The zero-order valence-electron chi connectivity index (χ0n) is 46.3. The predicted molar refractivity (Wildman–Crippen MR) is 369 cm³/mol. The molecule has 0 radical (unpaired) electrons. The quantitative estimate of drug-likeness (QED) is 0.121. The van der Waals surface area contributed by atoms with Gasteiger partial charge in [0.25, 0.3) is 0 Å². The molecule has 0 aliphatic rings. The fourth-order valence-electron chi connectivity index (χ4n) is 9.14. The van der Waals surface area contributed by atoms with Crippen molar-refractivity contribution in [1.82, 2.24) is 0 Å². The van der Waals surface area contributed by atoms with Crippen molar-refractivity contribution >= 4 is 95.3 Å². The lowest BCUT2D eigenvalue weighted by atomic mass is 10.3. The summed E-state index contributed by atoms with van der Waals surface area (Å²) in [7, 11) is -1.78. The first-order chi connectivity index (χ1) is 41.2. The number of rotatable bonds is 12. The van der Waals surface area contributed by atoms with Gasteiger partial charge in [-0.25, -0.2) is 0 Å². The van der Waals surface area contributed by atoms with Crippen molar-refractivity contribution in [2.24, 2.45) is 0 Å². The molecule has 404 valence electrons. The average molecular weight is 1140 g/mol. The molecule has 0 aliphatic heterocycles. The fraction of sp³-hybridized carbons (Fsp3) is 0. The Morgan fingerprint density at radius 1 is 0.120 bits per heavy atom. The van der Waals surface area contributed by atoms with Crippen LogP contribution in [0.5, 0.6) is 5.75 Å². The van der Waals surface area contributed by atoms with Crippen LogP contribution in [-0.4, -0.2) is 5.11 Å². The van der Waals surface area contributed by atoms with Crippen molar-refractivity contribution in [2.45, 2.75) is 0 Å². The molecular weight excluding hydrogens is 1080 g/mol. The maximum atomic E-state index is 8.63. The summed E-state index contributed by atoms with van der Waals surface area (Å²) in [6, 6.07) is 138. The molecule has 13 aromatic rings. The maximum absolute atomic E-state index is 8.63. The van der Waals surface area contributed by atoms with Crippen LogP contribution in [0.1, 0.15) is 0 Å². The molecule has 0 bridgehead atoms. The van der Waals surface area contributed by atoms with Gasteiger partial charge in [0.2, 0.25) is 0 Å². The molecule has 13 rings (SSSR count). The van der Waals surface area contributed by atoms with Gasteiger partial charge in [-0.3, -0.25) is 0 Å². The lowest BCUT2D eigenvalue weighted by molar-refractivity contribution is 0.475. The Morgan fingerprint density at radius 2 is 0.205 bits per heavy atom. The van der Waals surface area contributed by atoms with E-state index < -0.39 is 31.7 Å². The van der Waals surface area contributed by atoms with Crippen LogP contribution in [0.2, 0.25) is 0 Å². The van der Waals surface area contributed by atoms with Crippen molar-refractivity contribution in [2.75, 3.05) is 0 Å². The number of phenols is 1. The second kappa shape index (κ2) is 33.3. The Kier molecular flexibility index (Phi) is 23.7. The number of benzene rings is 13. The van der Waals surface area contributed by atoms with Crippen molar-refractivity contribution in [3.8, 4) is 5.75 Å². The summed E-state index contributed by atoms with van der Waals surface area (Å²) >= 11 is 0. The Hall–Kier alpha value is -8.62. The van der Waals surface area contributed by atoms with Gasteiger partial charge in [0.1, 0.15) is 5.75 Å². The molecule has 0 saturated heterocycles. The summed E-state index contributed by atoms with van der Waals surface area (Å²) in [5, 5.41) is 25.4. The van der Waals surface area contributed by atoms with E-state index in [1.165, 1.54) is 63.7 Å². The Balaban J connectivity index is 0.000000128. The van der Waals surface area contributed by atoms with Gasteiger partial charge in [-0.05, 0) is 107 Å². The molecule has 0 atom stereocenters. The van der Waals surface area contributed by atoms with E-state index in [0.717, 1.165) is 0 Å². The standard InChI is InChI=1S/4C18H15P.C6H6O/c4*1-4-10-16(11-5-1)19(17-12-6-2-7-13-17)18-14-8-3-9-15-18;7-6-4-2-1-3-5-6/h4*1-15H;1-5,7H. The van der Waals surface area contributed by atoms with Crippen LogP contribution in [0.25, 0.3) is 0 Å². The second-order valence-electron chi connectivity index (χ2n) is 18.7. The van der Waals surface area contributed by atoms with Crippen molar-refractivity contribution in [3.63, 3.8) is 0 Å². The van der Waals surface area contributed by atoms with Crippen LogP contribution in [0.3, 0.4) is 0 Å². The first-order valence-electron chi connectivity index (χ1n) is 27.7. The van der Waals surface area contributed by atoms with E-state index in [0.29, 0.717) is 5.75 Å². The second-order valence-corrected chi connectivity index (χ2v) is 27.6. The largest absolute Gasteiger partial charge is 0.508 e. The van der Waals surface area contributed by atoms with Gasteiger partial charge < -0.3 is 5.11 Å². The molecule has 1 nitrogen and oxygen atoms in total. The minimum absolute atomic E-state index is 0.322. The molecule has 13 aromatic carbocycles. The average Bonchev–Trinajstić information content (AvgIpc) is 3.68. The molecule has 0 heterocycles. The summed E-state index contributed by atoms with van der Waals surface area (Å²) < 4.78 is 0. The van der Waals surface area contributed by atoms with Crippen LogP contribution in [0.4, 0.5) is 0 Å². The summed E-state index contributed by atoms with van der Waals surface area (Å²) in [5.41, 5.74) is 0. The van der Waals surface area contributed by atoms with Gasteiger partial charge in [0.05, 0.1) is 0 Å². The Labute approximate surface area is 497 Å². The van der Waals surface area contributed by atoms with Gasteiger partial charge in [-0.1, -0.05) is 382 Å². The van der Waals surface area contributed by atoms with Crippen molar-refractivity contribution in [3.05, 3.63) is 394 Å². The lowest BCUT2D eigenvalue weighted by Crippen LogP contribution is -2.20. The summed E-state index contributed by atoms with van der Waals surface area (Å²) in [6.07, 6.45) is 0. The molecule has 0 fully saturated rings. The number of hydrogen-bond acceptors (Lipinski definition) is 1. The molecule has 83 heavy (non-hydrogen) atoms. The molecule has 0 spiro atoms. The summed E-state index contributed by atoms with van der Waals surface area (Å²) in [4.78, 5) is 0. The summed E-state index contributed by atoms with van der Waals surface area (Å²) in [5.74, 6) is 0.322. The van der Waals surface area contributed by atoms with E-state index in [2.05, 4.69) is 364 Å². The zero-order chi connectivity index (χ0) is 56.8. The normalized spacial score (nSPS) is 10.4. The molecule has 0 amide bonds. The molecule has 5 heteroatoms. The van der Waals surface area contributed by atoms with Crippen LogP contribution in [-0.2, 0) is 0 Å². The van der Waals surface area contributed by atoms with Gasteiger partial charge in [-0.15, -0.1) is 0 Å². The highest BCUT2D eigenvalue weighted by atomic mass is 31.1. The minimum Gasteiger partial charge on any atom is -0.508 e. The van der Waals surface area contributed by atoms with Crippen molar-refractivity contribution < 1.29 is 5.11 Å². The van der Waals surface area contributed by atoms with Gasteiger partial charge >= 0.3 is 0 Å². The molecule has 0 saturated carbocycles. The lowest BCUT2D eigenvalue weighted by Gasteiger charge is -2.18. The first kappa shape index (κ1) is 59.0. The topological polar surface area (TPSA) is 20.2 Å². The molecule has 0 unspecified atom stereocenters. The molecule has 0 aromatic heterocycles. The first-order valence-corrected chi connectivity index (χ1v) is 33.1. The molecular formula is C78H66OP4. The fourth-order valence-corrected chi connectivity index (χ4v) is 18.4. The van der Waals surface area contributed by atoms with Crippen molar-refractivity contribution in [1.29, 1.82) is 0 Å². The maximum Gasteiger partial charge on any atom is 0.115 e. The number of hydrogen-bond donors (Lipinski definition) is 1. The predicted octanol–water partition coefficient (Wildman–Crippen LogP) is 15.2.